The van der Waals surface area contributed by atoms with E-state index in [1.165, 1.54) is 11.0 Å². The lowest BCUT2D eigenvalue weighted by Gasteiger charge is -2.23. The number of anilines is 1. The lowest BCUT2D eigenvalue weighted by molar-refractivity contribution is -0.132. The number of aryl methyl sites for hydroxylation is 1. The molecule has 1 atom stereocenters. The third kappa shape index (κ3) is 6.58. The van der Waals surface area contributed by atoms with Crippen molar-refractivity contribution in [2.75, 3.05) is 18.1 Å². The second-order valence-corrected chi connectivity index (χ2v) is 11.8. The van der Waals surface area contributed by atoms with Gasteiger partial charge in [0.25, 0.3) is 5.78 Å². The monoisotopic (exact) mass is 616 g/mol. The van der Waals surface area contributed by atoms with E-state index in [0.29, 0.717) is 29.2 Å². The molecule has 2 heterocycles. The number of amides is 1. The van der Waals surface area contributed by atoms with Gasteiger partial charge in [0.1, 0.15) is 16.4 Å². The molecule has 1 aliphatic rings. The number of rotatable bonds is 10. The molecule has 0 unspecified atom stereocenters. The number of hydrogen-bond donors (Lipinski definition) is 1. The van der Waals surface area contributed by atoms with Crippen molar-refractivity contribution in [1.82, 2.24) is 4.98 Å². The molecule has 0 radical (unpaired) electrons. The predicted octanol–water partition coefficient (Wildman–Crippen LogP) is 7.38. The van der Waals surface area contributed by atoms with E-state index in [1.807, 2.05) is 13.8 Å². The van der Waals surface area contributed by atoms with Crippen LogP contribution in [0.5, 0.6) is 5.75 Å². The Morgan fingerprint density at radius 2 is 1.83 bits per heavy atom. The molecule has 11 heteroatoms. The van der Waals surface area contributed by atoms with Crippen LogP contribution >= 0.6 is 34.5 Å². The number of aromatic nitrogens is 1. The molecule has 3 aromatic rings. The molecular weight excluding hydrogens is 587 g/mol. The van der Waals surface area contributed by atoms with Crippen LogP contribution < -0.4 is 9.64 Å². The molecule has 8 nitrogen and oxygen atoms in total. The molecule has 2 aromatic carbocycles. The van der Waals surface area contributed by atoms with Crippen molar-refractivity contribution in [3.05, 3.63) is 79.8 Å². The van der Waals surface area contributed by atoms with E-state index in [0.717, 1.165) is 24.2 Å². The van der Waals surface area contributed by atoms with Gasteiger partial charge in [-0.05, 0) is 61.2 Å². The number of ketones is 1. The Balaban J connectivity index is 1.80. The summed E-state index contributed by atoms with van der Waals surface area (Å²) in [6.07, 6.45) is 1.90. The maximum absolute atomic E-state index is 13.5. The van der Waals surface area contributed by atoms with Crippen molar-refractivity contribution in [3.8, 4) is 5.75 Å². The standard InChI is InChI=1S/C30H30Cl2N2O6S/c1-5-6-13-39-20-10-7-18(8-11-20)25(35)23-24(19-9-12-21(31)22(32)14-19)34(28(37)26(23)36)30-33-17(4)27(41-30)29(38)40-15-16(2)3/h7-12,14,16,24,35H,5-6,13,15H2,1-4H3/t24-/m1/s1. The molecule has 216 valence electrons. The van der Waals surface area contributed by atoms with Crippen LogP contribution in [0.2, 0.25) is 10.0 Å². The molecule has 1 saturated heterocycles. The van der Waals surface area contributed by atoms with E-state index in [2.05, 4.69) is 11.9 Å². The van der Waals surface area contributed by atoms with E-state index >= 15 is 0 Å². The third-order valence-electron chi connectivity index (χ3n) is 6.32. The average molecular weight is 618 g/mol. The molecule has 41 heavy (non-hydrogen) atoms. The van der Waals surface area contributed by atoms with Crippen LogP contribution in [0.3, 0.4) is 0 Å². The number of carbonyl (C=O) groups excluding carboxylic acids is 3. The highest BCUT2D eigenvalue weighted by atomic mass is 35.5. The molecule has 0 spiro atoms. The number of carbonyl (C=O) groups is 3. The van der Waals surface area contributed by atoms with Gasteiger partial charge in [0, 0.05) is 5.56 Å². The smallest absolute Gasteiger partial charge is 0.350 e. The van der Waals surface area contributed by atoms with Crippen LogP contribution in [0, 0.1) is 12.8 Å². The van der Waals surface area contributed by atoms with Crippen LogP contribution in [0.25, 0.3) is 5.76 Å². The number of Topliss-reactive ketones (excluding diaryl/α,β-unsaturated/α-hetero) is 1. The minimum Gasteiger partial charge on any atom is -0.507 e. The Kier molecular flexibility index (Phi) is 9.73. The first-order valence-corrected chi connectivity index (χ1v) is 14.7. The molecular formula is C30H30Cl2N2O6S. The Morgan fingerprint density at radius 1 is 1.12 bits per heavy atom. The van der Waals surface area contributed by atoms with Crippen LogP contribution in [-0.4, -0.2) is 41.0 Å². The maximum atomic E-state index is 13.5. The largest absolute Gasteiger partial charge is 0.507 e. The number of aliphatic hydroxyl groups excluding tert-OH is 1. The number of esters is 1. The van der Waals surface area contributed by atoms with Gasteiger partial charge >= 0.3 is 11.9 Å². The normalized spacial score (nSPS) is 16.5. The summed E-state index contributed by atoms with van der Waals surface area (Å²) < 4.78 is 11.1. The molecule has 1 aliphatic heterocycles. The van der Waals surface area contributed by atoms with E-state index in [4.69, 9.17) is 32.7 Å². The number of hydrogen-bond acceptors (Lipinski definition) is 8. The molecule has 0 aliphatic carbocycles. The van der Waals surface area contributed by atoms with Crippen molar-refractivity contribution < 1.29 is 29.0 Å². The van der Waals surface area contributed by atoms with Crippen LogP contribution in [0.1, 0.15) is 66.1 Å². The Bertz CT molecular complexity index is 1500. The van der Waals surface area contributed by atoms with Gasteiger partial charge in [-0.1, -0.05) is 67.8 Å². The highest BCUT2D eigenvalue weighted by molar-refractivity contribution is 7.17. The zero-order chi connectivity index (χ0) is 29.8. The minimum absolute atomic E-state index is 0.107. The summed E-state index contributed by atoms with van der Waals surface area (Å²) in [5.41, 5.74) is 0.956. The van der Waals surface area contributed by atoms with Gasteiger partial charge in [-0.3, -0.25) is 14.5 Å². The average Bonchev–Trinajstić information content (AvgIpc) is 3.45. The summed E-state index contributed by atoms with van der Waals surface area (Å²) in [5.74, 6) is -1.99. The van der Waals surface area contributed by atoms with Gasteiger partial charge in [-0.2, -0.15) is 0 Å². The molecule has 1 amide bonds. The van der Waals surface area contributed by atoms with Gasteiger partial charge in [0.15, 0.2) is 5.13 Å². The van der Waals surface area contributed by atoms with E-state index in [-0.39, 0.29) is 43.9 Å². The Labute approximate surface area is 252 Å². The molecule has 0 saturated carbocycles. The second-order valence-electron chi connectivity index (χ2n) is 9.97. The second kappa shape index (κ2) is 13.1. The molecule has 4 rings (SSSR count). The number of thiazole rings is 1. The summed E-state index contributed by atoms with van der Waals surface area (Å²) in [5, 5.41) is 12.0. The first-order valence-electron chi connectivity index (χ1n) is 13.2. The molecule has 1 fully saturated rings. The first kappa shape index (κ1) is 30.6. The number of aliphatic hydroxyl groups is 1. The van der Waals surface area contributed by atoms with Crippen LogP contribution in [0.4, 0.5) is 5.13 Å². The van der Waals surface area contributed by atoms with Crippen LogP contribution in [-0.2, 0) is 14.3 Å². The summed E-state index contributed by atoms with van der Waals surface area (Å²) in [6.45, 7) is 8.31. The summed E-state index contributed by atoms with van der Waals surface area (Å²) in [7, 11) is 0. The van der Waals surface area contributed by atoms with Crippen molar-refractivity contribution >= 4 is 63.1 Å². The minimum atomic E-state index is -1.09. The topological polar surface area (TPSA) is 106 Å². The molecule has 1 N–H and O–H groups in total. The third-order valence-corrected chi connectivity index (χ3v) is 8.20. The van der Waals surface area contributed by atoms with E-state index < -0.39 is 23.7 Å². The lowest BCUT2D eigenvalue weighted by Crippen LogP contribution is -2.29. The Morgan fingerprint density at radius 3 is 2.46 bits per heavy atom. The number of ether oxygens (including phenoxy) is 2. The van der Waals surface area contributed by atoms with Crippen molar-refractivity contribution in [1.29, 1.82) is 0 Å². The zero-order valence-corrected chi connectivity index (χ0v) is 25.4. The van der Waals surface area contributed by atoms with Gasteiger partial charge < -0.3 is 14.6 Å². The fraction of sp³-hybridized carbons (Fsp3) is 0.333. The summed E-state index contributed by atoms with van der Waals surface area (Å²) in [4.78, 5) is 45.5. The number of unbranched alkanes of at least 4 members (excludes halogenated alkanes) is 1. The molecule has 0 bridgehead atoms. The fourth-order valence-electron chi connectivity index (χ4n) is 4.21. The van der Waals surface area contributed by atoms with E-state index in [1.54, 1.807) is 43.3 Å². The van der Waals surface area contributed by atoms with Gasteiger partial charge in [-0.15, -0.1) is 0 Å². The Hall–Kier alpha value is -3.40. The van der Waals surface area contributed by atoms with E-state index in [9.17, 15) is 19.5 Å². The number of benzene rings is 2. The summed E-state index contributed by atoms with van der Waals surface area (Å²) >= 11 is 13.4. The van der Waals surface area contributed by atoms with Crippen LogP contribution in [0.15, 0.2) is 48.0 Å². The van der Waals surface area contributed by atoms with Crippen molar-refractivity contribution in [2.24, 2.45) is 5.92 Å². The first-order chi connectivity index (χ1) is 19.5. The number of halogens is 2. The van der Waals surface area contributed by atoms with Gasteiger partial charge in [0.2, 0.25) is 0 Å². The van der Waals surface area contributed by atoms with Crippen molar-refractivity contribution in [2.45, 2.75) is 46.6 Å². The highest BCUT2D eigenvalue weighted by Gasteiger charge is 2.48. The highest BCUT2D eigenvalue weighted by Crippen LogP contribution is 2.45. The number of nitrogens with zero attached hydrogens (tertiary/aromatic N) is 2. The maximum Gasteiger partial charge on any atom is 0.350 e. The predicted molar refractivity (Wildman–Crippen MR) is 160 cm³/mol. The van der Waals surface area contributed by atoms with Gasteiger partial charge in [-0.25, -0.2) is 9.78 Å². The fourth-order valence-corrected chi connectivity index (χ4v) is 5.50. The SMILES string of the molecule is CCCCOc1ccc(C(O)=C2C(=O)C(=O)N(c3nc(C)c(C(=O)OCC(C)C)s3)[C@@H]2c2ccc(Cl)c(Cl)c2)cc1. The lowest BCUT2D eigenvalue weighted by atomic mass is 9.95. The summed E-state index contributed by atoms with van der Waals surface area (Å²) in [6, 6.07) is 10.2. The quantitative estimate of drug-likeness (QED) is 0.0832. The van der Waals surface area contributed by atoms with Crippen molar-refractivity contribution in [3.63, 3.8) is 0 Å². The van der Waals surface area contributed by atoms with Gasteiger partial charge in [0.05, 0.1) is 40.6 Å². The molecule has 1 aromatic heterocycles. The zero-order valence-electron chi connectivity index (χ0n) is 23.1.